The summed E-state index contributed by atoms with van der Waals surface area (Å²) in [4.78, 5) is 11.2. The van der Waals surface area contributed by atoms with Crippen LogP contribution in [0.1, 0.15) is 38.7 Å². The van der Waals surface area contributed by atoms with Crippen molar-refractivity contribution in [1.29, 1.82) is 0 Å². The predicted molar refractivity (Wildman–Crippen MR) is 65.4 cm³/mol. The van der Waals surface area contributed by atoms with Crippen LogP contribution in [0.2, 0.25) is 0 Å². The van der Waals surface area contributed by atoms with E-state index in [0.29, 0.717) is 11.5 Å². The summed E-state index contributed by atoms with van der Waals surface area (Å²) in [6.07, 6.45) is 3.94. The fourth-order valence-corrected chi connectivity index (χ4v) is 1.90. The molecule has 0 amide bonds. The van der Waals surface area contributed by atoms with Crippen LogP contribution in [0, 0.1) is 0 Å². The highest BCUT2D eigenvalue weighted by atomic mass is 16.7. The number of unbranched alkanes of at least 4 members (excludes halogenated alkanes) is 2. The number of hydrogen-bond acceptors (Lipinski definition) is 3. The second-order valence-electron chi connectivity index (χ2n) is 4.42. The number of ether oxygens (including phenoxy) is 2. The molecule has 1 heterocycles. The first kappa shape index (κ1) is 12.0. The summed E-state index contributed by atoms with van der Waals surface area (Å²) in [5.41, 5.74) is 1.24. The zero-order valence-corrected chi connectivity index (χ0v) is 10.4. The molecule has 3 nitrogen and oxygen atoms in total. The minimum Gasteiger partial charge on any atom is -0.444 e. The van der Waals surface area contributed by atoms with Gasteiger partial charge >= 0.3 is 6.29 Å². The molecule has 0 aliphatic carbocycles. The lowest BCUT2D eigenvalue weighted by molar-refractivity contribution is -0.132. The second-order valence-corrected chi connectivity index (χ2v) is 4.42. The molecule has 0 aromatic heterocycles. The van der Waals surface area contributed by atoms with Crippen LogP contribution < -0.4 is 9.47 Å². The predicted octanol–water partition coefficient (Wildman–Crippen LogP) is 3.11. The van der Waals surface area contributed by atoms with Crippen LogP contribution in [-0.4, -0.2) is 12.1 Å². The van der Waals surface area contributed by atoms with Gasteiger partial charge in [-0.1, -0.05) is 25.8 Å². The zero-order chi connectivity index (χ0) is 12.3. The normalized spacial score (nSPS) is 17.2. The van der Waals surface area contributed by atoms with Crippen molar-refractivity contribution in [1.82, 2.24) is 0 Å². The molecule has 1 aliphatic rings. The fraction of sp³-hybridized carbons (Fsp3) is 0.500. The lowest BCUT2D eigenvalue weighted by Crippen LogP contribution is -2.26. The maximum Gasteiger partial charge on any atom is 0.300 e. The molecule has 1 unspecified atom stereocenters. The van der Waals surface area contributed by atoms with E-state index in [4.69, 9.17) is 9.47 Å². The molecule has 3 heteroatoms. The van der Waals surface area contributed by atoms with E-state index in [2.05, 4.69) is 6.92 Å². The summed E-state index contributed by atoms with van der Waals surface area (Å²) in [7, 11) is 0. The average molecular weight is 234 g/mol. The van der Waals surface area contributed by atoms with Gasteiger partial charge in [0, 0.05) is 6.92 Å². The number of Topliss-reactive ketones (excluding diaryl/α,β-unsaturated/α-hetero) is 1. The molecule has 0 saturated carbocycles. The number of carbonyl (C=O) groups is 1. The SMILES string of the molecule is CCCCCc1ccc2c(c1)OC(C(C)=O)O2. The summed E-state index contributed by atoms with van der Waals surface area (Å²) in [5, 5.41) is 0. The average Bonchev–Trinajstić information content (AvgIpc) is 2.72. The molecule has 0 N–H and O–H groups in total. The zero-order valence-electron chi connectivity index (χ0n) is 10.4. The van der Waals surface area contributed by atoms with Crippen molar-refractivity contribution < 1.29 is 14.3 Å². The number of hydrogen-bond donors (Lipinski definition) is 0. The highest BCUT2D eigenvalue weighted by Gasteiger charge is 2.27. The lowest BCUT2D eigenvalue weighted by Gasteiger charge is -2.04. The third-order valence-electron chi connectivity index (χ3n) is 2.88. The monoisotopic (exact) mass is 234 g/mol. The van der Waals surface area contributed by atoms with Crippen molar-refractivity contribution in [3.63, 3.8) is 0 Å². The highest BCUT2D eigenvalue weighted by molar-refractivity contribution is 5.80. The smallest absolute Gasteiger partial charge is 0.300 e. The number of rotatable bonds is 5. The topological polar surface area (TPSA) is 35.5 Å². The van der Waals surface area contributed by atoms with Gasteiger partial charge in [0.2, 0.25) is 5.78 Å². The van der Waals surface area contributed by atoms with E-state index in [-0.39, 0.29) is 5.78 Å². The summed E-state index contributed by atoms with van der Waals surface area (Å²) in [5.74, 6) is 1.26. The van der Waals surface area contributed by atoms with E-state index >= 15 is 0 Å². The molecule has 0 fully saturated rings. The number of carbonyl (C=O) groups excluding carboxylic acids is 1. The Hall–Kier alpha value is -1.51. The van der Waals surface area contributed by atoms with Gasteiger partial charge in [0.05, 0.1) is 0 Å². The lowest BCUT2D eigenvalue weighted by atomic mass is 10.1. The van der Waals surface area contributed by atoms with Gasteiger partial charge in [0.25, 0.3) is 0 Å². The maximum atomic E-state index is 11.2. The Morgan fingerprint density at radius 1 is 1.24 bits per heavy atom. The first-order chi connectivity index (χ1) is 8.20. The third kappa shape index (κ3) is 2.78. The number of benzene rings is 1. The van der Waals surface area contributed by atoms with Crippen LogP contribution in [-0.2, 0) is 11.2 Å². The minimum absolute atomic E-state index is 0.103. The minimum atomic E-state index is -0.754. The van der Waals surface area contributed by atoms with Gasteiger partial charge in [0.1, 0.15) is 0 Å². The Labute approximate surface area is 102 Å². The molecular weight excluding hydrogens is 216 g/mol. The van der Waals surface area contributed by atoms with E-state index in [9.17, 15) is 4.79 Å². The number of ketones is 1. The van der Waals surface area contributed by atoms with Crippen molar-refractivity contribution in [2.75, 3.05) is 0 Å². The van der Waals surface area contributed by atoms with Crippen molar-refractivity contribution in [2.24, 2.45) is 0 Å². The third-order valence-corrected chi connectivity index (χ3v) is 2.88. The van der Waals surface area contributed by atoms with E-state index in [0.717, 1.165) is 6.42 Å². The van der Waals surface area contributed by atoms with Crippen LogP contribution in [0.3, 0.4) is 0 Å². The quantitative estimate of drug-likeness (QED) is 0.734. The molecule has 0 bridgehead atoms. The summed E-state index contributed by atoms with van der Waals surface area (Å²) < 4.78 is 10.8. The molecule has 0 radical (unpaired) electrons. The standard InChI is InChI=1S/C14H18O3/c1-3-4-5-6-11-7-8-12-13(9-11)17-14(16-12)10(2)15/h7-9,14H,3-6H2,1-2H3. The van der Waals surface area contributed by atoms with Crippen molar-refractivity contribution in [3.05, 3.63) is 23.8 Å². The van der Waals surface area contributed by atoms with Crippen molar-refractivity contribution >= 4 is 5.78 Å². The van der Waals surface area contributed by atoms with E-state index in [1.54, 1.807) is 0 Å². The van der Waals surface area contributed by atoms with Crippen LogP contribution in [0.4, 0.5) is 0 Å². The molecular formula is C14H18O3. The van der Waals surface area contributed by atoms with Crippen molar-refractivity contribution in [2.45, 2.75) is 45.8 Å². The van der Waals surface area contributed by atoms with Gasteiger partial charge in [0.15, 0.2) is 11.5 Å². The molecule has 92 valence electrons. The number of fused-ring (bicyclic) bond motifs is 1. The van der Waals surface area contributed by atoms with Crippen LogP contribution in [0.15, 0.2) is 18.2 Å². The Balaban J connectivity index is 2.02. The summed E-state index contributed by atoms with van der Waals surface area (Å²) in [6, 6.07) is 5.91. The Kier molecular flexibility index (Phi) is 3.67. The number of aryl methyl sites for hydroxylation is 1. The van der Waals surface area contributed by atoms with Crippen LogP contribution in [0.25, 0.3) is 0 Å². The van der Waals surface area contributed by atoms with Gasteiger partial charge in [-0.2, -0.15) is 0 Å². The van der Waals surface area contributed by atoms with E-state index in [1.807, 2.05) is 18.2 Å². The Morgan fingerprint density at radius 2 is 2.00 bits per heavy atom. The van der Waals surface area contributed by atoms with Gasteiger partial charge in [-0.3, -0.25) is 4.79 Å². The van der Waals surface area contributed by atoms with Gasteiger partial charge in [-0.05, 0) is 30.5 Å². The Morgan fingerprint density at radius 3 is 2.71 bits per heavy atom. The fourth-order valence-electron chi connectivity index (χ4n) is 1.90. The van der Waals surface area contributed by atoms with Gasteiger partial charge < -0.3 is 9.47 Å². The maximum absolute atomic E-state index is 11.2. The molecule has 17 heavy (non-hydrogen) atoms. The summed E-state index contributed by atoms with van der Waals surface area (Å²) in [6.45, 7) is 3.66. The Bertz CT molecular complexity index is 412. The second kappa shape index (κ2) is 5.21. The van der Waals surface area contributed by atoms with Gasteiger partial charge in [-0.25, -0.2) is 0 Å². The van der Waals surface area contributed by atoms with E-state index in [1.165, 1.54) is 31.7 Å². The highest BCUT2D eigenvalue weighted by Crippen LogP contribution is 2.35. The summed E-state index contributed by atoms with van der Waals surface area (Å²) >= 11 is 0. The van der Waals surface area contributed by atoms with Crippen molar-refractivity contribution in [3.8, 4) is 11.5 Å². The molecule has 1 aromatic rings. The molecule has 1 atom stereocenters. The van der Waals surface area contributed by atoms with Crippen LogP contribution >= 0.6 is 0 Å². The van der Waals surface area contributed by atoms with Crippen LogP contribution in [0.5, 0.6) is 11.5 Å². The molecule has 0 saturated heterocycles. The van der Waals surface area contributed by atoms with Gasteiger partial charge in [-0.15, -0.1) is 0 Å². The first-order valence-corrected chi connectivity index (χ1v) is 6.17. The largest absolute Gasteiger partial charge is 0.444 e. The molecule has 1 aromatic carbocycles. The van der Waals surface area contributed by atoms with E-state index < -0.39 is 6.29 Å². The molecule has 1 aliphatic heterocycles. The molecule has 0 spiro atoms. The molecule has 2 rings (SSSR count). The first-order valence-electron chi connectivity index (χ1n) is 6.17.